The zero-order valence-corrected chi connectivity index (χ0v) is 23.8. The Labute approximate surface area is 245 Å². The second-order valence-corrected chi connectivity index (χ2v) is 11.0. The minimum absolute atomic E-state index is 0.0441. The van der Waals surface area contributed by atoms with Crippen LogP contribution < -0.4 is 15.5 Å². The van der Waals surface area contributed by atoms with Gasteiger partial charge in [0, 0.05) is 50.2 Å². The van der Waals surface area contributed by atoms with E-state index in [-0.39, 0.29) is 29.8 Å². The summed E-state index contributed by atoms with van der Waals surface area (Å²) in [4.78, 5) is 41.3. The van der Waals surface area contributed by atoms with Crippen LogP contribution in [0.1, 0.15) is 29.8 Å². The molecule has 2 aromatic carbocycles. The molecule has 0 bridgehead atoms. The molecule has 2 atom stereocenters. The summed E-state index contributed by atoms with van der Waals surface area (Å²) in [6, 6.07) is 14.1. The standard InChI is InChI=1S/C31H36N8O3/c1-3-29(41)39-14-13-38(20-23(39)10-11-32)28-17-27(35-31(36-28)33-18-21-7-6-12-37(2)19-21)30(42)34-26-16-24(40)15-22-8-4-5-9-25(22)26/h3-5,8-9,15-17,21,23,40H,1,6-7,10,12-14,18-20H2,2H3,(H,34,42)(H,33,35,36)/t21?,23-/m0/s1. The van der Waals surface area contributed by atoms with E-state index in [0.29, 0.717) is 49.6 Å². The normalized spacial score (nSPS) is 19.2. The number of likely N-dealkylation sites (tertiary alicyclic amines) is 1. The largest absolute Gasteiger partial charge is 0.508 e. The molecule has 11 nitrogen and oxygen atoms in total. The number of hydrogen-bond donors (Lipinski definition) is 3. The molecule has 2 saturated heterocycles. The van der Waals surface area contributed by atoms with Crippen LogP contribution in [0, 0.1) is 17.2 Å². The van der Waals surface area contributed by atoms with Crippen molar-refractivity contribution >= 4 is 40.0 Å². The number of aromatic hydroxyl groups is 1. The SMILES string of the molecule is C=CC(=O)N1CCN(c2cc(C(=O)Nc3cc(O)cc4ccccc34)nc(NCC3CCCN(C)C3)n2)C[C@@H]1CC#N. The Morgan fingerprint density at radius 2 is 2.00 bits per heavy atom. The van der Waals surface area contributed by atoms with Crippen molar-refractivity contribution in [1.82, 2.24) is 19.8 Å². The summed E-state index contributed by atoms with van der Waals surface area (Å²) in [6.45, 7) is 7.58. The van der Waals surface area contributed by atoms with Gasteiger partial charge in [0.05, 0.1) is 24.2 Å². The first-order valence-corrected chi connectivity index (χ1v) is 14.2. The van der Waals surface area contributed by atoms with Crippen molar-refractivity contribution in [1.29, 1.82) is 5.26 Å². The maximum absolute atomic E-state index is 13.6. The van der Waals surface area contributed by atoms with Gasteiger partial charge in [0.25, 0.3) is 5.91 Å². The van der Waals surface area contributed by atoms with Gasteiger partial charge < -0.3 is 30.4 Å². The van der Waals surface area contributed by atoms with Crippen molar-refractivity contribution in [2.24, 2.45) is 5.92 Å². The first-order chi connectivity index (χ1) is 20.3. The number of anilines is 3. The minimum atomic E-state index is -0.441. The van der Waals surface area contributed by atoms with E-state index in [1.165, 1.54) is 12.1 Å². The Morgan fingerprint density at radius 3 is 2.79 bits per heavy atom. The lowest BCUT2D eigenvalue weighted by atomic mass is 9.99. The highest BCUT2D eigenvalue weighted by molar-refractivity contribution is 6.09. The molecule has 1 unspecified atom stereocenters. The van der Waals surface area contributed by atoms with Crippen LogP contribution >= 0.6 is 0 Å². The lowest BCUT2D eigenvalue weighted by molar-refractivity contribution is -0.128. The number of piperidine rings is 1. The van der Waals surface area contributed by atoms with Gasteiger partial charge in [0.2, 0.25) is 11.9 Å². The van der Waals surface area contributed by atoms with Crippen LogP contribution in [0.4, 0.5) is 17.5 Å². The Balaban J connectivity index is 1.44. The van der Waals surface area contributed by atoms with Gasteiger partial charge in [-0.15, -0.1) is 0 Å². The van der Waals surface area contributed by atoms with Crippen LogP contribution in [0.5, 0.6) is 5.75 Å². The van der Waals surface area contributed by atoms with Gasteiger partial charge in [-0.2, -0.15) is 10.2 Å². The number of nitrogens with zero attached hydrogens (tertiary/aromatic N) is 6. The Hall–Kier alpha value is -4.69. The molecule has 0 aliphatic carbocycles. The molecule has 11 heteroatoms. The molecule has 2 aliphatic rings. The number of amides is 2. The Bertz CT molecular complexity index is 1520. The quantitative estimate of drug-likeness (QED) is 0.349. The Kier molecular flexibility index (Phi) is 8.83. The van der Waals surface area contributed by atoms with Gasteiger partial charge in [-0.1, -0.05) is 30.8 Å². The topological polar surface area (TPSA) is 138 Å². The van der Waals surface area contributed by atoms with E-state index in [0.717, 1.165) is 36.7 Å². The molecular formula is C31H36N8O3. The molecule has 3 aromatic rings. The summed E-state index contributed by atoms with van der Waals surface area (Å²) >= 11 is 0. The number of nitriles is 1. The number of phenolic OH excluding ortho intramolecular Hbond substituents is 1. The number of fused-ring (bicyclic) bond motifs is 1. The molecule has 1 aromatic heterocycles. The number of piperazine rings is 1. The van der Waals surface area contributed by atoms with Gasteiger partial charge >= 0.3 is 0 Å². The average Bonchev–Trinajstić information content (AvgIpc) is 2.99. The number of nitrogens with one attached hydrogen (secondary N) is 2. The van der Waals surface area contributed by atoms with Crippen molar-refractivity contribution in [3.63, 3.8) is 0 Å². The van der Waals surface area contributed by atoms with E-state index in [1.807, 2.05) is 29.2 Å². The molecule has 42 heavy (non-hydrogen) atoms. The maximum atomic E-state index is 13.6. The fourth-order valence-electron chi connectivity index (χ4n) is 5.80. The van der Waals surface area contributed by atoms with Crippen LogP contribution in [-0.4, -0.2) is 89.0 Å². The maximum Gasteiger partial charge on any atom is 0.274 e. The fourth-order valence-corrected chi connectivity index (χ4v) is 5.80. The third kappa shape index (κ3) is 6.61. The number of hydrogen-bond acceptors (Lipinski definition) is 9. The summed E-state index contributed by atoms with van der Waals surface area (Å²) in [7, 11) is 2.12. The predicted octanol–water partition coefficient (Wildman–Crippen LogP) is 3.46. The molecule has 3 N–H and O–H groups in total. The molecule has 0 radical (unpaired) electrons. The number of aromatic nitrogens is 2. The highest BCUT2D eigenvalue weighted by Gasteiger charge is 2.31. The van der Waals surface area contributed by atoms with E-state index in [2.05, 4.69) is 40.2 Å². The zero-order chi connectivity index (χ0) is 29.6. The highest BCUT2D eigenvalue weighted by Crippen LogP contribution is 2.29. The molecule has 2 fully saturated rings. The molecule has 5 rings (SSSR count). The van der Waals surface area contributed by atoms with E-state index < -0.39 is 5.91 Å². The molecule has 2 aliphatic heterocycles. The van der Waals surface area contributed by atoms with Gasteiger partial charge in [-0.05, 0) is 49.9 Å². The first kappa shape index (κ1) is 28.8. The monoisotopic (exact) mass is 568 g/mol. The van der Waals surface area contributed by atoms with E-state index in [1.54, 1.807) is 17.0 Å². The van der Waals surface area contributed by atoms with Gasteiger partial charge in [-0.25, -0.2) is 4.98 Å². The summed E-state index contributed by atoms with van der Waals surface area (Å²) in [5.41, 5.74) is 0.637. The molecule has 0 saturated carbocycles. The van der Waals surface area contributed by atoms with Crippen LogP contribution in [0.3, 0.4) is 0 Å². The number of benzene rings is 2. The van der Waals surface area contributed by atoms with E-state index >= 15 is 0 Å². The predicted molar refractivity (Wildman–Crippen MR) is 162 cm³/mol. The molecule has 2 amide bonds. The zero-order valence-electron chi connectivity index (χ0n) is 23.8. The second-order valence-electron chi connectivity index (χ2n) is 11.0. The van der Waals surface area contributed by atoms with Crippen molar-refractivity contribution < 1.29 is 14.7 Å². The highest BCUT2D eigenvalue weighted by atomic mass is 16.3. The second kappa shape index (κ2) is 12.9. The number of carbonyl (C=O) groups excluding carboxylic acids is 2. The summed E-state index contributed by atoms with van der Waals surface area (Å²) in [6.07, 6.45) is 3.66. The lowest BCUT2D eigenvalue weighted by Crippen LogP contribution is -2.55. The average molecular weight is 569 g/mol. The first-order valence-electron chi connectivity index (χ1n) is 14.2. The fraction of sp³-hybridized carbons (Fsp3) is 0.387. The Morgan fingerprint density at radius 1 is 1.17 bits per heavy atom. The summed E-state index contributed by atoms with van der Waals surface area (Å²) in [5.74, 6) is 0.698. The molecule has 3 heterocycles. The van der Waals surface area contributed by atoms with Crippen LogP contribution in [0.15, 0.2) is 55.1 Å². The lowest BCUT2D eigenvalue weighted by Gasteiger charge is -2.40. The summed E-state index contributed by atoms with van der Waals surface area (Å²) in [5, 5.41) is 27.5. The minimum Gasteiger partial charge on any atom is -0.508 e. The van der Waals surface area contributed by atoms with Crippen molar-refractivity contribution in [3.8, 4) is 11.8 Å². The van der Waals surface area contributed by atoms with E-state index in [9.17, 15) is 20.0 Å². The van der Waals surface area contributed by atoms with E-state index in [4.69, 9.17) is 4.98 Å². The number of phenols is 1. The molecule has 0 spiro atoms. The van der Waals surface area contributed by atoms with Crippen molar-refractivity contribution in [3.05, 3.63) is 60.8 Å². The smallest absolute Gasteiger partial charge is 0.274 e. The van der Waals surface area contributed by atoms with Crippen molar-refractivity contribution in [2.45, 2.75) is 25.3 Å². The van der Waals surface area contributed by atoms with Crippen LogP contribution in [0.2, 0.25) is 0 Å². The molecule has 218 valence electrons. The number of rotatable bonds is 8. The van der Waals surface area contributed by atoms with Crippen LogP contribution in [0.25, 0.3) is 10.8 Å². The van der Waals surface area contributed by atoms with Gasteiger partial charge in [0.15, 0.2) is 0 Å². The molecular weight excluding hydrogens is 532 g/mol. The van der Waals surface area contributed by atoms with Crippen molar-refractivity contribution in [2.75, 3.05) is 61.8 Å². The third-order valence-corrected chi connectivity index (χ3v) is 7.90. The van der Waals surface area contributed by atoms with Gasteiger partial charge in [0.1, 0.15) is 17.3 Å². The third-order valence-electron chi connectivity index (χ3n) is 7.90. The van der Waals surface area contributed by atoms with Gasteiger partial charge in [-0.3, -0.25) is 9.59 Å². The number of carbonyl (C=O) groups is 2. The van der Waals surface area contributed by atoms with Crippen LogP contribution in [-0.2, 0) is 4.79 Å². The summed E-state index contributed by atoms with van der Waals surface area (Å²) < 4.78 is 0.